The van der Waals surface area contributed by atoms with Crippen LogP contribution in [0.2, 0.25) is 0 Å². The number of nitrogens with zero attached hydrogens (tertiary/aromatic N) is 2. The first-order chi connectivity index (χ1) is 15.1. The number of benzene rings is 3. The van der Waals surface area contributed by atoms with E-state index in [1.807, 2.05) is 42.5 Å². The molecule has 6 nitrogen and oxygen atoms in total. The van der Waals surface area contributed by atoms with Crippen molar-refractivity contribution >= 4 is 40.8 Å². The predicted octanol–water partition coefficient (Wildman–Crippen LogP) is 5.97. The number of azo groups is 1. The molecule has 0 aliphatic carbocycles. The normalized spacial score (nSPS) is 17.3. The van der Waals surface area contributed by atoms with Crippen LogP contribution in [0.25, 0.3) is 6.08 Å². The monoisotopic (exact) mass is 430 g/mol. The van der Waals surface area contributed by atoms with Gasteiger partial charge in [0.25, 0.3) is 5.91 Å². The van der Waals surface area contributed by atoms with Gasteiger partial charge >= 0.3 is 0 Å². The third kappa shape index (κ3) is 5.32. The van der Waals surface area contributed by atoms with E-state index < -0.39 is 0 Å². The number of aryl methyl sites for hydroxylation is 1. The van der Waals surface area contributed by atoms with E-state index in [1.54, 1.807) is 24.3 Å². The maximum atomic E-state index is 12.4. The van der Waals surface area contributed by atoms with Crippen LogP contribution < -0.4 is 10.6 Å². The summed E-state index contributed by atoms with van der Waals surface area (Å²) in [5.74, 6) is -0.116. The number of rotatable bonds is 6. The maximum Gasteiger partial charge on any atom is 0.260 e. The van der Waals surface area contributed by atoms with Crippen molar-refractivity contribution in [1.29, 1.82) is 0 Å². The van der Waals surface area contributed by atoms with Crippen LogP contribution in [0.1, 0.15) is 18.1 Å². The number of anilines is 1. The van der Waals surface area contributed by atoms with Crippen LogP contribution >= 0.6 is 11.8 Å². The van der Waals surface area contributed by atoms with Crippen molar-refractivity contribution in [2.75, 3.05) is 5.32 Å². The fourth-order valence-corrected chi connectivity index (χ4v) is 4.00. The summed E-state index contributed by atoms with van der Waals surface area (Å²) < 4.78 is 0. The van der Waals surface area contributed by atoms with E-state index in [-0.39, 0.29) is 17.2 Å². The molecule has 31 heavy (non-hydrogen) atoms. The van der Waals surface area contributed by atoms with E-state index in [2.05, 4.69) is 39.9 Å². The van der Waals surface area contributed by atoms with Crippen LogP contribution in [0.15, 0.2) is 87.9 Å². The van der Waals surface area contributed by atoms with E-state index in [4.69, 9.17) is 0 Å². The second-order valence-electron chi connectivity index (χ2n) is 6.95. The highest BCUT2D eigenvalue weighted by Gasteiger charge is 2.27. The van der Waals surface area contributed by atoms with Crippen molar-refractivity contribution in [2.45, 2.75) is 18.8 Å². The second-order valence-corrected chi connectivity index (χ2v) is 8.10. The number of phenolic OH excluding ortho intramolecular Hbond substituents is 1. The van der Waals surface area contributed by atoms with Crippen molar-refractivity contribution < 1.29 is 9.90 Å². The summed E-state index contributed by atoms with van der Waals surface area (Å²) in [7, 11) is 0. The summed E-state index contributed by atoms with van der Waals surface area (Å²) >= 11 is 1.37. The molecule has 4 rings (SSSR count). The molecule has 3 N–H and O–H groups in total. The Labute approximate surface area is 185 Å². The van der Waals surface area contributed by atoms with E-state index in [1.165, 1.54) is 17.3 Å². The fraction of sp³-hybridized carbons (Fsp3) is 0.125. The summed E-state index contributed by atoms with van der Waals surface area (Å²) in [4.78, 5) is 12.9. The van der Waals surface area contributed by atoms with Crippen LogP contribution in [0.4, 0.5) is 17.1 Å². The summed E-state index contributed by atoms with van der Waals surface area (Å²) in [6.45, 7) is 2.11. The Bertz CT molecular complexity index is 1130. The zero-order valence-electron chi connectivity index (χ0n) is 16.9. The molecule has 1 fully saturated rings. The molecule has 1 aliphatic heterocycles. The van der Waals surface area contributed by atoms with Crippen molar-refractivity contribution in [1.82, 2.24) is 5.32 Å². The Morgan fingerprint density at radius 1 is 1.03 bits per heavy atom. The third-order valence-corrected chi connectivity index (χ3v) is 5.75. The van der Waals surface area contributed by atoms with Crippen LogP contribution in [0.3, 0.4) is 0 Å². The number of hydrogen-bond acceptors (Lipinski definition) is 6. The summed E-state index contributed by atoms with van der Waals surface area (Å²) in [5, 5.41) is 24.9. The number of carbonyl (C=O) groups is 1. The SMILES string of the molecule is CCc1ccc(N[C@@H]2NC(=O)/C(=C/c3cc(N=Nc4ccccc4)ccc3O)S2)cc1. The Balaban J connectivity index is 1.48. The van der Waals surface area contributed by atoms with Gasteiger partial charge in [-0.2, -0.15) is 10.2 Å². The largest absolute Gasteiger partial charge is 0.507 e. The van der Waals surface area contributed by atoms with E-state index in [9.17, 15) is 9.90 Å². The minimum Gasteiger partial charge on any atom is -0.507 e. The number of phenols is 1. The number of hydrogen-bond donors (Lipinski definition) is 3. The topological polar surface area (TPSA) is 86.1 Å². The average molecular weight is 431 g/mol. The van der Waals surface area contributed by atoms with E-state index in [0.717, 1.165) is 17.8 Å². The van der Waals surface area contributed by atoms with Gasteiger partial charge in [0, 0.05) is 11.3 Å². The lowest BCUT2D eigenvalue weighted by atomic mass is 10.1. The molecular weight excluding hydrogens is 408 g/mol. The van der Waals surface area contributed by atoms with Crippen LogP contribution in [-0.4, -0.2) is 16.5 Å². The smallest absolute Gasteiger partial charge is 0.260 e. The maximum absolute atomic E-state index is 12.4. The fourth-order valence-electron chi connectivity index (χ4n) is 3.02. The average Bonchev–Trinajstić information content (AvgIpc) is 3.14. The molecule has 1 heterocycles. The highest BCUT2D eigenvalue weighted by atomic mass is 32.2. The molecule has 156 valence electrons. The van der Waals surface area contributed by atoms with Gasteiger partial charge < -0.3 is 15.7 Å². The summed E-state index contributed by atoms with van der Waals surface area (Å²) in [6, 6.07) is 22.5. The minimum absolute atomic E-state index is 0.0751. The summed E-state index contributed by atoms with van der Waals surface area (Å²) in [5.41, 5.74) is 3.74. The van der Waals surface area contributed by atoms with Gasteiger partial charge in [-0.1, -0.05) is 49.0 Å². The Hall–Kier alpha value is -3.58. The van der Waals surface area contributed by atoms with Crippen LogP contribution in [-0.2, 0) is 11.2 Å². The molecule has 7 heteroatoms. The Morgan fingerprint density at radius 3 is 2.52 bits per heavy atom. The van der Waals surface area contributed by atoms with Gasteiger partial charge in [-0.25, -0.2) is 0 Å². The van der Waals surface area contributed by atoms with Gasteiger partial charge in [0.05, 0.1) is 16.3 Å². The lowest BCUT2D eigenvalue weighted by molar-refractivity contribution is -0.116. The molecule has 3 aromatic rings. The zero-order valence-corrected chi connectivity index (χ0v) is 17.8. The standard InChI is InChI=1S/C24H22N4O2S/c1-2-16-8-10-18(11-9-16)25-24-26-23(30)22(31-24)15-17-14-20(12-13-21(17)29)28-27-19-6-4-3-5-7-19/h3-15,24-25,29H,2H2,1H3,(H,26,30)/b22-15-,28-27?/t24-/m1/s1. The van der Waals surface area contributed by atoms with Crippen molar-refractivity contribution in [2.24, 2.45) is 10.2 Å². The minimum atomic E-state index is -0.283. The van der Waals surface area contributed by atoms with Gasteiger partial charge in [-0.15, -0.1) is 0 Å². The highest BCUT2D eigenvalue weighted by molar-refractivity contribution is 8.05. The van der Waals surface area contributed by atoms with Crippen LogP contribution in [0, 0.1) is 0 Å². The molecule has 1 aliphatic rings. The van der Waals surface area contributed by atoms with Gasteiger partial charge in [-0.05, 0) is 60.5 Å². The third-order valence-electron chi connectivity index (χ3n) is 4.73. The van der Waals surface area contributed by atoms with Crippen LogP contribution in [0.5, 0.6) is 5.75 Å². The molecule has 0 unspecified atom stereocenters. The molecule has 0 radical (unpaired) electrons. The molecule has 1 saturated heterocycles. The zero-order chi connectivity index (χ0) is 21.6. The van der Waals surface area contributed by atoms with Gasteiger partial charge in [0.1, 0.15) is 5.75 Å². The lowest BCUT2D eigenvalue weighted by Crippen LogP contribution is -2.30. The van der Waals surface area contributed by atoms with Crippen molar-refractivity contribution in [3.05, 3.63) is 88.8 Å². The molecule has 3 aromatic carbocycles. The number of carbonyl (C=O) groups excluding carboxylic acids is 1. The first-order valence-electron chi connectivity index (χ1n) is 9.95. The molecule has 0 saturated carbocycles. The number of aromatic hydroxyl groups is 1. The van der Waals surface area contributed by atoms with Gasteiger partial charge in [0.15, 0.2) is 5.50 Å². The Morgan fingerprint density at radius 2 is 1.77 bits per heavy atom. The van der Waals surface area contributed by atoms with E-state index in [0.29, 0.717) is 16.2 Å². The van der Waals surface area contributed by atoms with E-state index >= 15 is 0 Å². The molecule has 0 aromatic heterocycles. The molecule has 0 spiro atoms. The second kappa shape index (κ2) is 9.49. The Kier molecular flexibility index (Phi) is 6.33. The molecule has 1 amide bonds. The number of thioether (sulfide) groups is 1. The highest BCUT2D eigenvalue weighted by Crippen LogP contribution is 2.33. The summed E-state index contributed by atoms with van der Waals surface area (Å²) in [6.07, 6.45) is 2.65. The first-order valence-corrected chi connectivity index (χ1v) is 10.8. The predicted molar refractivity (Wildman–Crippen MR) is 126 cm³/mol. The number of nitrogens with one attached hydrogen (secondary N) is 2. The lowest BCUT2D eigenvalue weighted by Gasteiger charge is -2.12. The first kappa shape index (κ1) is 20.7. The van der Waals surface area contributed by atoms with Gasteiger partial charge in [-0.3, -0.25) is 4.79 Å². The molecule has 1 atom stereocenters. The number of amides is 1. The molecular formula is C24H22N4O2S. The quantitative estimate of drug-likeness (QED) is 0.332. The molecule has 0 bridgehead atoms. The van der Waals surface area contributed by atoms with Crippen molar-refractivity contribution in [3.8, 4) is 5.75 Å². The van der Waals surface area contributed by atoms with Gasteiger partial charge in [0.2, 0.25) is 0 Å². The van der Waals surface area contributed by atoms with Crippen molar-refractivity contribution in [3.63, 3.8) is 0 Å².